The Hall–Kier alpha value is -0.670. The number of rotatable bonds is 3. The zero-order valence-electron chi connectivity index (χ0n) is 12.8. The summed E-state index contributed by atoms with van der Waals surface area (Å²) in [6.07, 6.45) is 5.24. The normalized spacial score (nSPS) is 18.4. The van der Waals surface area contributed by atoms with Gasteiger partial charge in [-0.3, -0.25) is 0 Å². The minimum absolute atomic E-state index is 0.820. The second kappa shape index (κ2) is 7.94. The number of hydrogen-bond acceptors (Lipinski definition) is 3. The van der Waals surface area contributed by atoms with Crippen molar-refractivity contribution in [3.05, 3.63) is 29.3 Å². The van der Waals surface area contributed by atoms with Crippen LogP contribution in [0.15, 0.2) is 18.2 Å². The van der Waals surface area contributed by atoms with Crippen LogP contribution < -0.4 is 4.90 Å². The monoisotopic (exact) mass is 293 g/mol. The zero-order chi connectivity index (χ0) is 14.4. The lowest BCUT2D eigenvalue weighted by atomic mass is 9.92. The van der Waals surface area contributed by atoms with Gasteiger partial charge in [0.05, 0.1) is 0 Å². The summed E-state index contributed by atoms with van der Waals surface area (Å²) in [7, 11) is 1.00. The van der Waals surface area contributed by atoms with Crippen LogP contribution in [0, 0.1) is 0 Å². The van der Waals surface area contributed by atoms with Crippen molar-refractivity contribution >= 4 is 17.4 Å². The molecule has 1 fully saturated rings. The van der Waals surface area contributed by atoms with Crippen LogP contribution in [-0.4, -0.2) is 36.8 Å². The summed E-state index contributed by atoms with van der Waals surface area (Å²) in [6, 6.07) is 7.29. The topological polar surface area (TPSA) is 23.5 Å². The first-order valence-electron chi connectivity index (χ1n) is 7.78. The third kappa shape index (κ3) is 3.50. The van der Waals surface area contributed by atoms with E-state index < -0.39 is 0 Å². The van der Waals surface area contributed by atoms with Gasteiger partial charge in [-0.05, 0) is 60.3 Å². The predicted molar refractivity (Wildman–Crippen MR) is 90.1 cm³/mol. The molecule has 1 saturated heterocycles. The summed E-state index contributed by atoms with van der Waals surface area (Å²) in [5.41, 5.74) is 4.70. The number of fused-ring (bicyclic) bond motifs is 1. The van der Waals surface area contributed by atoms with Crippen LogP contribution in [-0.2, 0) is 6.42 Å². The Labute approximate surface area is 127 Å². The number of aliphatic hydroxyl groups is 1. The average molecular weight is 293 g/mol. The first kappa shape index (κ1) is 15.7. The van der Waals surface area contributed by atoms with Crippen LogP contribution in [0.3, 0.4) is 0 Å². The molecule has 2 aliphatic heterocycles. The van der Waals surface area contributed by atoms with E-state index >= 15 is 0 Å². The zero-order valence-corrected chi connectivity index (χ0v) is 13.6. The van der Waals surface area contributed by atoms with E-state index in [2.05, 4.69) is 41.8 Å². The van der Waals surface area contributed by atoms with Gasteiger partial charge in [-0.2, -0.15) is 11.8 Å². The van der Waals surface area contributed by atoms with E-state index in [1.54, 1.807) is 11.1 Å². The molecule has 2 aliphatic rings. The molecule has 0 amide bonds. The quantitative estimate of drug-likeness (QED) is 0.919. The fourth-order valence-electron chi connectivity index (χ4n) is 3.25. The maximum atomic E-state index is 7.00. The Bertz CT molecular complexity index is 413. The summed E-state index contributed by atoms with van der Waals surface area (Å²) in [4.78, 5) is 2.58. The van der Waals surface area contributed by atoms with Crippen molar-refractivity contribution in [1.82, 2.24) is 0 Å². The number of anilines is 1. The van der Waals surface area contributed by atoms with Gasteiger partial charge in [-0.15, -0.1) is 0 Å². The van der Waals surface area contributed by atoms with Gasteiger partial charge in [0.2, 0.25) is 0 Å². The van der Waals surface area contributed by atoms with Crippen LogP contribution in [0.2, 0.25) is 0 Å². The lowest BCUT2D eigenvalue weighted by Gasteiger charge is -2.24. The summed E-state index contributed by atoms with van der Waals surface area (Å²) in [5.74, 6) is 3.52. The Morgan fingerprint density at radius 2 is 2.00 bits per heavy atom. The number of nitrogens with zero attached hydrogens (tertiary/aromatic N) is 1. The molecule has 1 N–H and O–H groups in total. The van der Waals surface area contributed by atoms with Crippen LogP contribution in [0.5, 0.6) is 0 Å². The molecule has 3 heteroatoms. The Kier molecular flexibility index (Phi) is 6.24. The predicted octanol–water partition coefficient (Wildman–Crippen LogP) is 3.68. The van der Waals surface area contributed by atoms with Gasteiger partial charge in [-0.25, -0.2) is 0 Å². The van der Waals surface area contributed by atoms with Gasteiger partial charge in [0.1, 0.15) is 0 Å². The van der Waals surface area contributed by atoms with Crippen LogP contribution in [0.1, 0.15) is 43.2 Å². The van der Waals surface area contributed by atoms with Gasteiger partial charge in [-0.1, -0.05) is 19.1 Å². The Balaban J connectivity index is 0.000000704. The molecule has 2 heterocycles. The van der Waals surface area contributed by atoms with Crippen molar-refractivity contribution in [2.75, 3.05) is 36.6 Å². The fraction of sp³-hybridized carbons (Fsp3) is 0.647. The minimum Gasteiger partial charge on any atom is -0.400 e. The molecule has 0 atom stereocenters. The van der Waals surface area contributed by atoms with Crippen molar-refractivity contribution in [3.63, 3.8) is 0 Å². The van der Waals surface area contributed by atoms with E-state index in [-0.39, 0.29) is 0 Å². The Morgan fingerprint density at radius 3 is 2.70 bits per heavy atom. The standard InChI is InChI=1S/C16H23NS.CH4O/c1-2-8-17-9-5-14-3-4-15(12-16(14)17)13-6-10-18-11-7-13;1-2/h3-4,12-13H,2,5-11H2,1H3;2H,1H3. The van der Waals surface area contributed by atoms with E-state index in [4.69, 9.17) is 5.11 Å². The molecule has 1 aromatic rings. The van der Waals surface area contributed by atoms with Crippen LogP contribution in [0.4, 0.5) is 5.69 Å². The van der Waals surface area contributed by atoms with E-state index in [9.17, 15) is 0 Å². The smallest absolute Gasteiger partial charge is 0.0402 e. The van der Waals surface area contributed by atoms with Gasteiger partial charge in [0.25, 0.3) is 0 Å². The van der Waals surface area contributed by atoms with Crippen molar-refractivity contribution in [1.29, 1.82) is 0 Å². The largest absolute Gasteiger partial charge is 0.400 e. The molecule has 3 rings (SSSR count). The molecule has 0 aromatic heterocycles. The van der Waals surface area contributed by atoms with Gasteiger partial charge in [0, 0.05) is 25.9 Å². The number of hydrogen-bond donors (Lipinski definition) is 1. The molecular weight excluding hydrogens is 266 g/mol. The van der Waals surface area contributed by atoms with Crippen LogP contribution >= 0.6 is 11.8 Å². The van der Waals surface area contributed by atoms with Gasteiger partial charge in [0.15, 0.2) is 0 Å². The second-order valence-electron chi connectivity index (χ2n) is 5.51. The lowest BCUT2D eigenvalue weighted by molar-refractivity contribution is 0.399. The third-order valence-corrected chi connectivity index (χ3v) is 5.34. The highest BCUT2D eigenvalue weighted by atomic mass is 32.2. The summed E-state index contributed by atoms with van der Waals surface area (Å²) in [5, 5.41) is 7.00. The molecule has 20 heavy (non-hydrogen) atoms. The fourth-order valence-corrected chi connectivity index (χ4v) is 4.36. The van der Waals surface area contributed by atoms with E-state index in [0.717, 1.165) is 13.0 Å². The summed E-state index contributed by atoms with van der Waals surface area (Å²) >= 11 is 2.12. The lowest BCUT2D eigenvalue weighted by Crippen LogP contribution is -2.21. The highest BCUT2D eigenvalue weighted by Gasteiger charge is 2.21. The molecule has 0 spiro atoms. The maximum Gasteiger partial charge on any atom is 0.0402 e. The van der Waals surface area contributed by atoms with Crippen molar-refractivity contribution < 1.29 is 5.11 Å². The van der Waals surface area contributed by atoms with Crippen molar-refractivity contribution in [2.24, 2.45) is 0 Å². The molecule has 0 aliphatic carbocycles. The number of thioether (sulfide) groups is 1. The number of aliphatic hydroxyl groups excluding tert-OH is 1. The molecule has 112 valence electrons. The highest BCUT2D eigenvalue weighted by Crippen LogP contribution is 2.36. The molecule has 0 radical (unpaired) electrons. The SMILES string of the molecule is CCCN1CCc2ccc(C3CCSCC3)cc21.CO. The van der Waals surface area contributed by atoms with E-state index in [1.807, 2.05) is 0 Å². The second-order valence-corrected chi connectivity index (χ2v) is 6.74. The summed E-state index contributed by atoms with van der Waals surface area (Å²) in [6.45, 7) is 4.73. The molecule has 0 bridgehead atoms. The Morgan fingerprint density at radius 1 is 1.25 bits per heavy atom. The summed E-state index contributed by atoms with van der Waals surface area (Å²) < 4.78 is 0. The molecule has 2 nitrogen and oxygen atoms in total. The minimum atomic E-state index is 0.820. The van der Waals surface area contributed by atoms with Crippen molar-refractivity contribution in [2.45, 2.75) is 38.5 Å². The first-order chi connectivity index (χ1) is 9.88. The third-order valence-electron chi connectivity index (χ3n) is 4.29. The van der Waals surface area contributed by atoms with Gasteiger partial charge >= 0.3 is 0 Å². The van der Waals surface area contributed by atoms with E-state index in [0.29, 0.717) is 0 Å². The van der Waals surface area contributed by atoms with Crippen LogP contribution in [0.25, 0.3) is 0 Å². The molecule has 0 unspecified atom stereocenters. The number of benzene rings is 1. The van der Waals surface area contributed by atoms with Gasteiger partial charge < -0.3 is 10.0 Å². The highest BCUT2D eigenvalue weighted by molar-refractivity contribution is 7.99. The van der Waals surface area contributed by atoms with Crippen molar-refractivity contribution in [3.8, 4) is 0 Å². The average Bonchev–Trinajstić information content (AvgIpc) is 2.93. The molecular formula is C17H27NOS. The first-order valence-corrected chi connectivity index (χ1v) is 8.94. The maximum absolute atomic E-state index is 7.00. The van der Waals surface area contributed by atoms with E-state index in [1.165, 1.54) is 56.0 Å². The molecule has 1 aromatic carbocycles. The molecule has 0 saturated carbocycles.